The van der Waals surface area contributed by atoms with Crippen LogP contribution in [0.25, 0.3) is 0 Å². The van der Waals surface area contributed by atoms with Crippen molar-refractivity contribution in [2.24, 2.45) is 0 Å². The lowest BCUT2D eigenvalue weighted by molar-refractivity contribution is -0.137. The maximum absolute atomic E-state index is 12.0. The Kier molecular flexibility index (Phi) is 8.20. The van der Waals surface area contributed by atoms with Gasteiger partial charge >= 0.3 is 12.1 Å². The normalized spacial score (nSPS) is 11.3. The van der Waals surface area contributed by atoms with Crippen LogP contribution in [0, 0.1) is 0 Å². The van der Waals surface area contributed by atoms with Gasteiger partial charge < -0.3 is 20.5 Å². The summed E-state index contributed by atoms with van der Waals surface area (Å²) in [5.41, 5.74) is 0.820. The maximum Gasteiger partial charge on any atom is 0.408 e. The molecule has 0 aliphatic heterocycles. The zero-order chi connectivity index (χ0) is 17.1. The van der Waals surface area contributed by atoms with Crippen molar-refractivity contribution in [2.45, 2.75) is 38.8 Å². The zero-order valence-corrected chi connectivity index (χ0v) is 13.1. The molecule has 0 aliphatic rings. The molecule has 2 amide bonds. The molecule has 0 saturated heterocycles. The molecule has 0 spiro atoms. The van der Waals surface area contributed by atoms with Crippen LogP contribution in [0.3, 0.4) is 0 Å². The maximum atomic E-state index is 12.0. The first kappa shape index (κ1) is 18.5. The monoisotopic (exact) mass is 322 g/mol. The molecule has 0 saturated carbocycles. The predicted molar refractivity (Wildman–Crippen MR) is 83.7 cm³/mol. The third kappa shape index (κ3) is 7.85. The number of carboxylic acids is 1. The van der Waals surface area contributed by atoms with E-state index in [0.717, 1.165) is 12.0 Å². The lowest BCUT2D eigenvalue weighted by atomic mass is 10.1. The van der Waals surface area contributed by atoms with Crippen LogP contribution in [0.5, 0.6) is 0 Å². The third-order valence-electron chi connectivity index (χ3n) is 3.02. The van der Waals surface area contributed by atoms with Gasteiger partial charge in [-0.2, -0.15) is 0 Å². The van der Waals surface area contributed by atoms with Gasteiger partial charge in [0.1, 0.15) is 12.6 Å². The summed E-state index contributed by atoms with van der Waals surface area (Å²) in [6, 6.07) is 8.19. The number of aliphatic carboxylic acids is 1. The molecule has 3 N–H and O–H groups in total. The van der Waals surface area contributed by atoms with Crippen LogP contribution >= 0.6 is 0 Å². The summed E-state index contributed by atoms with van der Waals surface area (Å²) in [6.07, 6.45) is -0.222. The van der Waals surface area contributed by atoms with E-state index in [1.54, 1.807) is 0 Å². The van der Waals surface area contributed by atoms with Gasteiger partial charge in [0.2, 0.25) is 5.91 Å². The molecule has 1 rings (SSSR count). The molecular weight excluding hydrogens is 300 g/mol. The molecule has 0 unspecified atom stereocenters. The van der Waals surface area contributed by atoms with Gasteiger partial charge in [-0.1, -0.05) is 37.3 Å². The van der Waals surface area contributed by atoms with E-state index >= 15 is 0 Å². The summed E-state index contributed by atoms with van der Waals surface area (Å²) in [4.78, 5) is 34.4. The highest BCUT2D eigenvalue weighted by Gasteiger charge is 2.22. The number of nitrogens with one attached hydrogen (secondary N) is 2. The highest BCUT2D eigenvalue weighted by atomic mass is 16.5. The molecule has 0 aromatic heterocycles. The standard InChI is InChI=1S/C16H22N2O5/c1-2-10-17-15(21)13(8-9-14(19)20)18-16(22)23-11-12-6-4-3-5-7-12/h3-7,13H,2,8-11H2,1H3,(H,17,21)(H,18,22)(H,19,20)/t13-/m0/s1. The molecule has 0 radical (unpaired) electrons. The van der Waals surface area contributed by atoms with E-state index in [2.05, 4.69) is 10.6 Å². The minimum atomic E-state index is -1.03. The molecule has 1 aromatic carbocycles. The van der Waals surface area contributed by atoms with Crippen LogP contribution in [0.1, 0.15) is 31.7 Å². The Bertz CT molecular complexity index is 518. The van der Waals surface area contributed by atoms with E-state index in [1.165, 1.54) is 0 Å². The molecule has 1 atom stereocenters. The number of benzene rings is 1. The average molecular weight is 322 g/mol. The van der Waals surface area contributed by atoms with Crippen molar-refractivity contribution in [1.29, 1.82) is 0 Å². The number of hydrogen-bond acceptors (Lipinski definition) is 4. The first-order valence-electron chi connectivity index (χ1n) is 7.49. The van der Waals surface area contributed by atoms with Gasteiger partial charge in [0.05, 0.1) is 0 Å². The molecule has 1 aromatic rings. The van der Waals surface area contributed by atoms with Crippen LogP contribution in [0.15, 0.2) is 30.3 Å². The lowest BCUT2D eigenvalue weighted by Crippen LogP contribution is -2.47. The molecule has 23 heavy (non-hydrogen) atoms. The van der Waals surface area contributed by atoms with Crippen LogP contribution in [0.2, 0.25) is 0 Å². The summed E-state index contributed by atoms with van der Waals surface area (Å²) >= 11 is 0. The highest BCUT2D eigenvalue weighted by Crippen LogP contribution is 2.03. The van der Waals surface area contributed by atoms with Crippen LogP contribution < -0.4 is 10.6 Å². The predicted octanol–water partition coefficient (Wildman–Crippen LogP) is 1.67. The number of amides is 2. The minimum absolute atomic E-state index is 0.00528. The molecule has 126 valence electrons. The van der Waals surface area contributed by atoms with Crippen molar-refractivity contribution in [2.75, 3.05) is 6.54 Å². The fraction of sp³-hybridized carbons (Fsp3) is 0.438. The second kappa shape index (κ2) is 10.2. The number of carbonyl (C=O) groups excluding carboxylic acids is 2. The Balaban J connectivity index is 2.51. The van der Waals surface area contributed by atoms with Gasteiger partial charge in [0, 0.05) is 13.0 Å². The van der Waals surface area contributed by atoms with Crippen molar-refractivity contribution < 1.29 is 24.2 Å². The first-order valence-corrected chi connectivity index (χ1v) is 7.49. The van der Waals surface area contributed by atoms with Crippen molar-refractivity contribution in [3.63, 3.8) is 0 Å². The molecule has 0 heterocycles. The summed E-state index contributed by atoms with van der Waals surface area (Å²) < 4.78 is 5.04. The van der Waals surface area contributed by atoms with Crippen LogP contribution in [-0.2, 0) is 20.9 Å². The third-order valence-corrected chi connectivity index (χ3v) is 3.02. The van der Waals surface area contributed by atoms with Crippen molar-refractivity contribution >= 4 is 18.0 Å². The van der Waals surface area contributed by atoms with Crippen molar-refractivity contribution in [3.8, 4) is 0 Å². The summed E-state index contributed by atoms with van der Waals surface area (Å²) in [5.74, 6) is -1.44. The van der Waals surface area contributed by atoms with Crippen LogP contribution in [0.4, 0.5) is 4.79 Å². The Morgan fingerprint density at radius 1 is 1.22 bits per heavy atom. The first-order chi connectivity index (χ1) is 11.0. The summed E-state index contributed by atoms with van der Waals surface area (Å²) in [6.45, 7) is 2.44. The van der Waals surface area contributed by atoms with E-state index in [-0.39, 0.29) is 19.4 Å². The zero-order valence-electron chi connectivity index (χ0n) is 13.1. The highest BCUT2D eigenvalue weighted by molar-refractivity contribution is 5.86. The fourth-order valence-electron chi connectivity index (χ4n) is 1.82. The van der Waals surface area contributed by atoms with E-state index in [0.29, 0.717) is 6.54 Å². The summed E-state index contributed by atoms with van der Waals surface area (Å²) in [7, 11) is 0. The molecule has 0 aliphatic carbocycles. The molecular formula is C16H22N2O5. The topological polar surface area (TPSA) is 105 Å². The molecule has 7 heteroatoms. The number of hydrogen-bond donors (Lipinski definition) is 3. The van der Waals surface area contributed by atoms with Gasteiger partial charge in [-0.15, -0.1) is 0 Å². The second-order valence-corrected chi connectivity index (χ2v) is 4.98. The number of ether oxygens (including phenoxy) is 1. The average Bonchev–Trinajstić information content (AvgIpc) is 2.55. The van der Waals surface area contributed by atoms with Gasteiger partial charge in [0.15, 0.2) is 0 Å². The van der Waals surface area contributed by atoms with E-state index in [1.807, 2.05) is 37.3 Å². The minimum Gasteiger partial charge on any atom is -0.481 e. The number of alkyl carbamates (subject to hydrolysis) is 1. The number of carbonyl (C=O) groups is 3. The Hall–Kier alpha value is -2.57. The second-order valence-electron chi connectivity index (χ2n) is 4.98. The van der Waals surface area contributed by atoms with Crippen LogP contribution in [-0.4, -0.2) is 35.7 Å². The van der Waals surface area contributed by atoms with Gasteiger partial charge in [0.25, 0.3) is 0 Å². The Morgan fingerprint density at radius 3 is 2.52 bits per heavy atom. The Labute approximate surface area is 135 Å². The molecule has 0 fully saturated rings. The Morgan fingerprint density at radius 2 is 1.91 bits per heavy atom. The lowest BCUT2D eigenvalue weighted by Gasteiger charge is -2.17. The van der Waals surface area contributed by atoms with E-state index < -0.39 is 24.0 Å². The largest absolute Gasteiger partial charge is 0.481 e. The van der Waals surface area contributed by atoms with Crippen molar-refractivity contribution in [1.82, 2.24) is 10.6 Å². The number of rotatable bonds is 9. The quantitative estimate of drug-likeness (QED) is 0.641. The van der Waals surface area contributed by atoms with Crippen molar-refractivity contribution in [3.05, 3.63) is 35.9 Å². The number of carboxylic acid groups (broad SMARTS) is 1. The fourth-order valence-corrected chi connectivity index (χ4v) is 1.82. The van der Waals surface area contributed by atoms with Gasteiger partial charge in [-0.25, -0.2) is 4.79 Å². The van der Waals surface area contributed by atoms with E-state index in [4.69, 9.17) is 9.84 Å². The SMILES string of the molecule is CCCNC(=O)[C@H](CCC(=O)O)NC(=O)OCc1ccccc1. The van der Waals surface area contributed by atoms with Gasteiger partial charge in [-0.3, -0.25) is 9.59 Å². The molecule has 0 bridgehead atoms. The smallest absolute Gasteiger partial charge is 0.408 e. The molecule has 7 nitrogen and oxygen atoms in total. The van der Waals surface area contributed by atoms with Gasteiger partial charge in [-0.05, 0) is 18.4 Å². The van der Waals surface area contributed by atoms with E-state index in [9.17, 15) is 14.4 Å². The summed E-state index contributed by atoms with van der Waals surface area (Å²) in [5, 5.41) is 13.8.